The Morgan fingerprint density at radius 3 is 2.00 bits per heavy atom. The Bertz CT molecular complexity index is 483. The Morgan fingerprint density at radius 2 is 1.40 bits per heavy atom. The van der Waals surface area contributed by atoms with Crippen molar-refractivity contribution in [3.05, 3.63) is 35.9 Å². The minimum atomic E-state index is -0.475. The van der Waals surface area contributed by atoms with Crippen LogP contribution >= 0.6 is 0 Å². The van der Waals surface area contributed by atoms with E-state index < -0.39 is 6.09 Å². The fourth-order valence-corrected chi connectivity index (χ4v) is 1.74. The lowest BCUT2D eigenvalue weighted by Gasteiger charge is -2.08. The molecule has 0 atom stereocenters. The minimum Gasteiger partial charge on any atom is -0.447 e. The van der Waals surface area contributed by atoms with E-state index in [1.165, 1.54) is 7.05 Å². The second-order valence-corrected chi connectivity index (χ2v) is 4.84. The van der Waals surface area contributed by atoms with Crippen LogP contribution in [0.1, 0.15) is 10.4 Å². The molecular formula is C17H26N2O6. The van der Waals surface area contributed by atoms with Crippen molar-refractivity contribution in [3.8, 4) is 0 Å². The van der Waals surface area contributed by atoms with E-state index in [2.05, 4.69) is 10.6 Å². The molecule has 0 aliphatic carbocycles. The van der Waals surface area contributed by atoms with E-state index in [4.69, 9.17) is 18.9 Å². The summed E-state index contributed by atoms with van der Waals surface area (Å²) in [7, 11) is 1.50. The topological polar surface area (TPSA) is 95.1 Å². The van der Waals surface area contributed by atoms with Crippen molar-refractivity contribution < 1.29 is 28.5 Å². The molecular weight excluding hydrogens is 328 g/mol. The van der Waals surface area contributed by atoms with E-state index >= 15 is 0 Å². The van der Waals surface area contributed by atoms with Crippen molar-refractivity contribution >= 4 is 12.0 Å². The predicted octanol–water partition coefficient (Wildman–Crippen LogP) is 0.822. The van der Waals surface area contributed by atoms with Crippen molar-refractivity contribution in [2.24, 2.45) is 0 Å². The van der Waals surface area contributed by atoms with Crippen LogP contribution in [0.25, 0.3) is 0 Å². The van der Waals surface area contributed by atoms with Gasteiger partial charge in [-0.3, -0.25) is 4.79 Å². The Kier molecular flexibility index (Phi) is 11.9. The van der Waals surface area contributed by atoms with Crippen LogP contribution in [0, 0.1) is 0 Å². The zero-order chi connectivity index (χ0) is 18.2. The third-order valence-electron chi connectivity index (χ3n) is 2.98. The molecule has 0 radical (unpaired) electrons. The molecule has 0 fully saturated rings. The molecule has 25 heavy (non-hydrogen) atoms. The molecule has 0 aliphatic heterocycles. The monoisotopic (exact) mass is 354 g/mol. The van der Waals surface area contributed by atoms with Gasteiger partial charge in [0.25, 0.3) is 5.91 Å². The minimum absolute atomic E-state index is 0.113. The smallest absolute Gasteiger partial charge is 0.406 e. The molecule has 0 heterocycles. The number of benzene rings is 1. The molecule has 0 aromatic heterocycles. The van der Waals surface area contributed by atoms with Gasteiger partial charge in [-0.15, -0.1) is 0 Å². The molecule has 0 aliphatic rings. The van der Waals surface area contributed by atoms with Gasteiger partial charge in [-0.2, -0.15) is 0 Å². The van der Waals surface area contributed by atoms with Gasteiger partial charge in [0.1, 0.15) is 6.61 Å². The Hall–Kier alpha value is -2.16. The summed E-state index contributed by atoms with van der Waals surface area (Å²) in [5.74, 6) is -0.113. The van der Waals surface area contributed by atoms with Gasteiger partial charge < -0.3 is 29.6 Å². The van der Waals surface area contributed by atoms with Crippen molar-refractivity contribution in [1.82, 2.24) is 10.6 Å². The summed E-state index contributed by atoms with van der Waals surface area (Å²) in [5.41, 5.74) is 0.631. The molecule has 8 nitrogen and oxygen atoms in total. The lowest BCUT2D eigenvalue weighted by molar-refractivity contribution is 0.00631. The van der Waals surface area contributed by atoms with Crippen LogP contribution in [0.15, 0.2) is 30.3 Å². The van der Waals surface area contributed by atoms with Gasteiger partial charge in [0.15, 0.2) is 0 Å². The molecule has 0 saturated heterocycles. The summed E-state index contributed by atoms with van der Waals surface area (Å²) in [6.45, 7) is 3.16. The van der Waals surface area contributed by atoms with Gasteiger partial charge in [0, 0.05) is 19.2 Å². The molecule has 8 heteroatoms. The first kappa shape index (κ1) is 20.9. The van der Waals surface area contributed by atoms with E-state index in [0.717, 1.165) is 0 Å². The lowest BCUT2D eigenvalue weighted by Crippen LogP contribution is -2.27. The highest BCUT2D eigenvalue weighted by molar-refractivity contribution is 5.94. The number of carbonyl (C=O) groups excluding carboxylic acids is 2. The standard InChI is InChI=1S/C17H26N2O6/c1-18-17(21)25-14-13-24-12-11-23-10-9-22-8-7-19-16(20)15-5-3-2-4-6-15/h2-6H,7-14H2,1H3,(H,18,21)(H,19,20). The van der Waals surface area contributed by atoms with Crippen LogP contribution in [0.2, 0.25) is 0 Å². The molecule has 1 aromatic rings. The fraction of sp³-hybridized carbons (Fsp3) is 0.529. The molecule has 2 N–H and O–H groups in total. The van der Waals surface area contributed by atoms with Crippen molar-refractivity contribution in [2.75, 3.05) is 59.8 Å². The second-order valence-electron chi connectivity index (χ2n) is 4.84. The first-order valence-electron chi connectivity index (χ1n) is 8.15. The van der Waals surface area contributed by atoms with E-state index in [1.807, 2.05) is 18.2 Å². The summed E-state index contributed by atoms with van der Waals surface area (Å²) in [5, 5.41) is 5.12. The largest absolute Gasteiger partial charge is 0.447 e. The zero-order valence-electron chi connectivity index (χ0n) is 14.5. The molecule has 2 amide bonds. The Labute approximate surface area is 147 Å². The van der Waals surface area contributed by atoms with Gasteiger partial charge in [-0.25, -0.2) is 4.79 Å². The maximum Gasteiger partial charge on any atom is 0.406 e. The summed E-state index contributed by atoms with van der Waals surface area (Å²) in [6, 6.07) is 9.03. The Morgan fingerprint density at radius 1 is 0.840 bits per heavy atom. The van der Waals surface area contributed by atoms with Crippen LogP contribution in [-0.2, 0) is 18.9 Å². The predicted molar refractivity (Wildman–Crippen MR) is 91.6 cm³/mol. The number of alkyl carbamates (subject to hydrolysis) is 1. The van der Waals surface area contributed by atoms with Gasteiger partial charge in [0.2, 0.25) is 0 Å². The summed E-state index contributed by atoms with van der Waals surface area (Å²) in [4.78, 5) is 22.5. The second kappa shape index (κ2) is 14.2. The van der Waals surface area contributed by atoms with E-state index in [0.29, 0.717) is 51.7 Å². The number of hydrogen-bond acceptors (Lipinski definition) is 6. The van der Waals surface area contributed by atoms with Crippen molar-refractivity contribution in [1.29, 1.82) is 0 Å². The van der Waals surface area contributed by atoms with E-state index in [9.17, 15) is 9.59 Å². The average Bonchev–Trinajstić information content (AvgIpc) is 2.65. The van der Waals surface area contributed by atoms with E-state index in [-0.39, 0.29) is 12.5 Å². The number of hydrogen-bond donors (Lipinski definition) is 2. The third kappa shape index (κ3) is 11.1. The maximum atomic E-state index is 11.7. The Balaban J connectivity index is 1.82. The first-order valence-corrected chi connectivity index (χ1v) is 8.15. The van der Waals surface area contributed by atoms with Crippen molar-refractivity contribution in [2.45, 2.75) is 0 Å². The highest BCUT2D eigenvalue weighted by atomic mass is 16.6. The quantitative estimate of drug-likeness (QED) is 0.509. The number of amides is 2. The molecule has 0 bridgehead atoms. The van der Waals surface area contributed by atoms with Gasteiger partial charge in [-0.1, -0.05) is 18.2 Å². The molecule has 1 rings (SSSR count). The number of nitrogens with one attached hydrogen (secondary N) is 2. The summed E-state index contributed by atoms with van der Waals surface area (Å²) in [6.07, 6.45) is -0.475. The number of rotatable bonds is 13. The third-order valence-corrected chi connectivity index (χ3v) is 2.98. The first-order chi connectivity index (χ1) is 12.2. The highest BCUT2D eigenvalue weighted by Gasteiger charge is 2.02. The van der Waals surface area contributed by atoms with Crippen molar-refractivity contribution in [3.63, 3.8) is 0 Å². The number of ether oxygens (including phenoxy) is 4. The number of carbonyl (C=O) groups is 2. The highest BCUT2D eigenvalue weighted by Crippen LogP contribution is 1.97. The van der Waals surface area contributed by atoms with Gasteiger partial charge in [0.05, 0.1) is 39.6 Å². The molecule has 140 valence electrons. The summed E-state index contributed by atoms with van der Waals surface area (Å²) < 4.78 is 20.7. The van der Waals surface area contributed by atoms with Crippen LogP contribution < -0.4 is 10.6 Å². The molecule has 1 aromatic carbocycles. The molecule has 0 unspecified atom stereocenters. The lowest BCUT2D eigenvalue weighted by atomic mass is 10.2. The average molecular weight is 354 g/mol. The normalized spacial score (nSPS) is 10.3. The fourth-order valence-electron chi connectivity index (χ4n) is 1.74. The van der Waals surface area contributed by atoms with Crippen LogP contribution in [0.4, 0.5) is 4.79 Å². The van der Waals surface area contributed by atoms with Crippen LogP contribution in [0.3, 0.4) is 0 Å². The summed E-state index contributed by atoms with van der Waals surface area (Å²) >= 11 is 0. The van der Waals surface area contributed by atoms with Crippen LogP contribution in [0.5, 0.6) is 0 Å². The van der Waals surface area contributed by atoms with Crippen LogP contribution in [-0.4, -0.2) is 71.8 Å². The molecule has 0 saturated carbocycles. The maximum absolute atomic E-state index is 11.7. The SMILES string of the molecule is CNC(=O)OCCOCCOCCOCCNC(=O)c1ccccc1. The van der Waals surface area contributed by atoms with Gasteiger partial charge >= 0.3 is 6.09 Å². The zero-order valence-corrected chi connectivity index (χ0v) is 14.5. The molecule has 0 spiro atoms. The van der Waals surface area contributed by atoms with E-state index in [1.54, 1.807) is 12.1 Å². The van der Waals surface area contributed by atoms with Gasteiger partial charge in [-0.05, 0) is 12.1 Å².